The molecule has 16 heavy (non-hydrogen) atoms. The van der Waals surface area contributed by atoms with Gasteiger partial charge < -0.3 is 15.4 Å². The van der Waals surface area contributed by atoms with E-state index in [0.29, 0.717) is 18.8 Å². The molecule has 90 valence electrons. The van der Waals surface area contributed by atoms with Crippen molar-refractivity contribution in [3.8, 4) is 0 Å². The number of nitrogens with two attached hydrogens (primary N) is 1. The number of ether oxygens (including phenoxy) is 1. The molecule has 0 aliphatic rings. The van der Waals surface area contributed by atoms with Crippen LogP contribution in [0.25, 0.3) is 0 Å². The van der Waals surface area contributed by atoms with E-state index in [9.17, 15) is 4.39 Å². The average molecular weight is 228 g/mol. The van der Waals surface area contributed by atoms with Gasteiger partial charge in [0.25, 0.3) is 0 Å². The highest BCUT2D eigenvalue weighted by molar-refractivity contribution is 5.39. The number of methoxy groups -OCH3 is 1. The topological polar surface area (TPSA) is 64.3 Å². The number of anilines is 1. The fourth-order valence-corrected chi connectivity index (χ4v) is 1.42. The van der Waals surface area contributed by atoms with Crippen molar-refractivity contribution in [1.29, 1.82) is 0 Å². The first-order valence-electron chi connectivity index (χ1n) is 4.99. The lowest BCUT2D eigenvalue weighted by Gasteiger charge is -2.22. The number of halogens is 1. The van der Waals surface area contributed by atoms with Gasteiger partial charge in [-0.2, -0.15) is 0 Å². The molecule has 1 unspecified atom stereocenters. The van der Waals surface area contributed by atoms with Crippen LogP contribution in [0.1, 0.15) is 5.69 Å². The van der Waals surface area contributed by atoms with Crippen LogP contribution >= 0.6 is 0 Å². The van der Waals surface area contributed by atoms with Crippen LogP contribution < -0.4 is 10.6 Å². The quantitative estimate of drug-likeness (QED) is 0.787. The fourth-order valence-electron chi connectivity index (χ4n) is 1.42. The van der Waals surface area contributed by atoms with E-state index in [1.54, 1.807) is 26.0 Å². The van der Waals surface area contributed by atoms with Gasteiger partial charge in [-0.25, -0.2) is 14.4 Å². The van der Waals surface area contributed by atoms with Gasteiger partial charge in [-0.05, 0) is 6.92 Å². The molecule has 2 N–H and O–H groups in total. The van der Waals surface area contributed by atoms with Crippen LogP contribution in [0.4, 0.5) is 10.2 Å². The predicted octanol–water partition coefficient (Wildman–Crippen LogP) is 0.334. The summed E-state index contributed by atoms with van der Waals surface area (Å²) >= 11 is 0. The summed E-state index contributed by atoms with van der Waals surface area (Å²) in [6, 6.07) is -0.176. The normalized spacial score (nSPS) is 12.6. The number of hydrogen-bond donors (Lipinski definition) is 1. The van der Waals surface area contributed by atoms with Gasteiger partial charge in [0.05, 0.1) is 12.3 Å². The lowest BCUT2D eigenvalue weighted by atomic mass is 10.3. The molecule has 6 heteroatoms. The van der Waals surface area contributed by atoms with E-state index in [4.69, 9.17) is 10.5 Å². The molecule has 1 rings (SSSR count). The van der Waals surface area contributed by atoms with Gasteiger partial charge in [0, 0.05) is 26.7 Å². The second kappa shape index (κ2) is 5.72. The molecule has 0 saturated heterocycles. The molecule has 1 atom stereocenters. The number of nitrogens with zero attached hydrogens (tertiary/aromatic N) is 3. The van der Waals surface area contributed by atoms with Crippen molar-refractivity contribution in [3.63, 3.8) is 0 Å². The molecule has 0 radical (unpaired) electrons. The Kier molecular flexibility index (Phi) is 4.57. The highest BCUT2D eigenvalue weighted by Gasteiger charge is 2.14. The molecule has 5 nitrogen and oxygen atoms in total. The van der Waals surface area contributed by atoms with Crippen LogP contribution in [-0.4, -0.2) is 43.3 Å². The van der Waals surface area contributed by atoms with Gasteiger partial charge in [0.15, 0.2) is 11.6 Å². The van der Waals surface area contributed by atoms with Crippen LogP contribution in [0.5, 0.6) is 0 Å². The summed E-state index contributed by atoms with van der Waals surface area (Å²) in [5, 5.41) is 0. The van der Waals surface area contributed by atoms with Crippen molar-refractivity contribution in [2.24, 2.45) is 5.73 Å². The Hall–Kier alpha value is -1.27. The zero-order chi connectivity index (χ0) is 12.1. The van der Waals surface area contributed by atoms with E-state index in [2.05, 4.69) is 9.97 Å². The average Bonchev–Trinajstić information content (AvgIpc) is 2.22. The van der Waals surface area contributed by atoms with Gasteiger partial charge in [-0.1, -0.05) is 0 Å². The molecule has 0 fully saturated rings. The highest BCUT2D eigenvalue weighted by atomic mass is 19.1. The maximum Gasteiger partial charge on any atom is 0.186 e. The van der Waals surface area contributed by atoms with E-state index in [-0.39, 0.29) is 11.9 Å². The summed E-state index contributed by atoms with van der Waals surface area (Å²) in [5.74, 6) is -0.145. The van der Waals surface area contributed by atoms with Crippen LogP contribution in [0, 0.1) is 12.7 Å². The summed E-state index contributed by atoms with van der Waals surface area (Å²) in [5.41, 5.74) is 6.11. The van der Waals surface area contributed by atoms with Crippen LogP contribution in [0.2, 0.25) is 0 Å². The summed E-state index contributed by atoms with van der Waals surface area (Å²) < 4.78 is 18.6. The van der Waals surface area contributed by atoms with Crippen molar-refractivity contribution >= 4 is 5.82 Å². The van der Waals surface area contributed by atoms with Gasteiger partial charge in [0.2, 0.25) is 0 Å². The SMILES string of the molecule is COCC(N)CN(C)c1ncnc(C)c1F. The first kappa shape index (κ1) is 12.8. The van der Waals surface area contributed by atoms with Gasteiger partial charge >= 0.3 is 0 Å². The summed E-state index contributed by atoms with van der Waals surface area (Å²) in [6.45, 7) is 2.50. The van der Waals surface area contributed by atoms with Gasteiger partial charge in [0.1, 0.15) is 6.33 Å². The highest BCUT2D eigenvalue weighted by Crippen LogP contribution is 2.15. The number of rotatable bonds is 5. The maximum absolute atomic E-state index is 13.6. The second-order valence-electron chi connectivity index (χ2n) is 3.69. The Bertz CT molecular complexity index is 348. The molecule has 1 aromatic heterocycles. The van der Waals surface area contributed by atoms with Crippen LogP contribution in [0.3, 0.4) is 0 Å². The van der Waals surface area contributed by atoms with E-state index >= 15 is 0 Å². The van der Waals surface area contributed by atoms with Crippen LogP contribution in [-0.2, 0) is 4.74 Å². The molecule has 0 aliphatic carbocycles. The molecule has 1 aromatic rings. The third-order valence-corrected chi connectivity index (χ3v) is 2.20. The molecule has 0 amide bonds. The molecular formula is C10H17FN4O. The van der Waals surface area contributed by atoms with Crippen molar-refractivity contribution in [2.45, 2.75) is 13.0 Å². The lowest BCUT2D eigenvalue weighted by molar-refractivity contribution is 0.181. The lowest BCUT2D eigenvalue weighted by Crippen LogP contribution is -2.39. The minimum Gasteiger partial charge on any atom is -0.383 e. The first-order valence-corrected chi connectivity index (χ1v) is 4.99. The zero-order valence-electron chi connectivity index (χ0n) is 9.77. The Morgan fingerprint density at radius 3 is 2.88 bits per heavy atom. The Morgan fingerprint density at radius 1 is 1.56 bits per heavy atom. The minimum absolute atomic E-state index is 0.176. The van der Waals surface area contributed by atoms with Gasteiger partial charge in [-0.15, -0.1) is 0 Å². The standard InChI is InChI=1S/C10H17FN4O/c1-7-9(11)10(14-6-13-7)15(2)4-8(12)5-16-3/h6,8H,4-5,12H2,1-3H3. The molecular weight excluding hydrogens is 211 g/mol. The van der Waals surface area contributed by atoms with Gasteiger partial charge in [-0.3, -0.25) is 0 Å². The third-order valence-electron chi connectivity index (χ3n) is 2.20. The molecule has 0 aromatic carbocycles. The summed E-state index contributed by atoms with van der Waals surface area (Å²) in [6.07, 6.45) is 1.34. The van der Waals surface area contributed by atoms with Crippen molar-refractivity contribution in [3.05, 3.63) is 17.8 Å². The third kappa shape index (κ3) is 3.11. The van der Waals surface area contributed by atoms with Crippen molar-refractivity contribution < 1.29 is 9.13 Å². The molecule has 1 heterocycles. The maximum atomic E-state index is 13.6. The molecule has 0 saturated carbocycles. The predicted molar refractivity (Wildman–Crippen MR) is 59.8 cm³/mol. The fraction of sp³-hybridized carbons (Fsp3) is 0.600. The summed E-state index contributed by atoms with van der Waals surface area (Å²) in [7, 11) is 3.32. The second-order valence-corrected chi connectivity index (χ2v) is 3.69. The zero-order valence-corrected chi connectivity index (χ0v) is 9.77. The smallest absolute Gasteiger partial charge is 0.186 e. The van der Waals surface area contributed by atoms with E-state index in [1.165, 1.54) is 6.33 Å². The number of aryl methyl sites for hydroxylation is 1. The summed E-state index contributed by atoms with van der Waals surface area (Å²) in [4.78, 5) is 9.32. The molecule has 0 spiro atoms. The largest absolute Gasteiger partial charge is 0.383 e. The van der Waals surface area contributed by atoms with E-state index in [0.717, 1.165) is 0 Å². The van der Waals surface area contributed by atoms with Crippen molar-refractivity contribution in [2.75, 3.05) is 32.2 Å². The van der Waals surface area contributed by atoms with Crippen LogP contribution in [0.15, 0.2) is 6.33 Å². The van der Waals surface area contributed by atoms with Crippen molar-refractivity contribution in [1.82, 2.24) is 9.97 Å². The number of aromatic nitrogens is 2. The van der Waals surface area contributed by atoms with E-state index < -0.39 is 5.82 Å². The Morgan fingerprint density at radius 2 is 2.25 bits per heavy atom. The first-order chi connectivity index (χ1) is 7.56. The minimum atomic E-state index is -0.408. The number of hydrogen-bond acceptors (Lipinski definition) is 5. The Balaban J connectivity index is 2.72. The molecule has 0 bridgehead atoms. The monoisotopic (exact) mass is 228 g/mol. The molecule has 0 aliphatic heterocycles. The Labute approximate surface area is 94.4 Å². The van der Waals surface area contributed by atoms with E-state index in [1.807, 2.05) is 0 Å². The number of likely N-dealkylation sites (N-methyl/N-ethyl adjacent to an activating group) is 1.